The Balaban J connectivity index is 1.53. The van der Waals surface area contributed by atoms with E-state index in [1.165, 1.54) is 12.1 Å². The highest BCUT2D eigenvalue weighted by molar-refractivity contribution is 5.99. The predicted molar refractivity (Wildman–Crippen MR) is 124 cm³/mol. The molecule has 7 heteroatoms. The normalized spacial score (nSPS) is 10.6. The van der Waals surface area contributed by atoms with Gasteiger partial charge >= 0.3 is 0 Å². The summed E-state index contributed by atoms with van der Waals surface area (Å²) in [6.45, 7) is 0.673. The highest BCUT2D eigenvalue weighted by Crippen LogP contribution is 2.22. The summed E-state index contributed by atoms with van der Waals surface area (Å²) in [5.41, 5.74) is 3.39. The van der Waals surface area contributed by atoms with Crippen molar-refractivity contribution in [2.45, 2.75) is 13.0 Å². The average Bonchev–Trinajstić information content (AvgIpc) is 2.83. The molecule has 2 aromatic heterocycles. The number of carbonyl (C=O) groups is 1. The molecule has 5 nitrogen and oxygen atoms in total. The highest BCUT2D eigenvalue weighted by Gasteiger charge is 2.14. The molecule has 166 valence electrons. The Morgan fingerprint density at radius 1 is 0.879 bits per heavy atom. The van der Waals surface area contributed by atoms with Gasteiger partial charge in [-0.15, -0.1) is 0 Å². The minimum Gasteiger partial charge on any atom is -0.369 e. The van der Waals surface area contributed by atoms with Crippen LogP contribution in [-0.4, -0.2) is 22.4 Å². The number of pyridine rings is 2. The first kappa shape index (κ1) is 22.1. The number of rotatable bonds is 8. The molecule has 4 rings (SSSR count). The molecular formula is C26H22F2N4O. The zero-order valence-corrected chi connectivity index (χ0v) is 17.8. The summed E-state index contributed by atoms with van der Waals surface area (Å²) < 4.78 is 27.0. The van der Waals surface area contributed by atoms with Gasteiger partial charge in [0.05, 0.1) is 11.3 Å². The van der Waals surface area contributed by atoms with E-state index >= 15 is 0 Å². The zero-order valence-electron chi connectivity index (χ0n) is 17.8. The summed E-state index contributed by atoms with van der Waals surface area (Å²) in [6, 6.07) is 20.2. The maximum Gasteiger partial charge on any atom is 0.255 e. The van der Waals surface area contributed by atoms with Crippen LogP contribution in [-0.2, 0) is 13.0 Å². The van der Waals surface area contributed by atoms with Gasteiger partial charge in [0.2, 0.25) is 0 Å². The molecule has 0 fully saturated rings. The molecule has 0 aliphatic rings. The quantitative estimate of drug-likeness (QED) is 0.401. The van der Waals surface area contributed by atoms with Gasteiger partial charge in [0.25, 0.3) is 5.91 Å². The Morgan fingerprint density at radius 2 is 1.67 bits per heavy atom. The van der Waals surface area contributed by atoms with Crippen molar-refractivity contribution in [3.05, 3.63) is 114 Å². The summed E-state index contributed by atoms with van der Waals surface area (Å²) in [5.74, 6) is -1.13. The van der Waals surface area contributed by atoms with Gasteiger partial charge in [-0.05, 0) is 47.9 Å². The molecule has 2 heterocycles. The Kier molecular flexibility index (Phi) is 6.99. The van der Waals surface area contributed by atoms with Crippen molar-refractivity contribution in [2.75, 3.05) is 11.9 Å². The van der Waals surface area contributed by atoms with Crippen LogP contribution in [0, 0.1) is 11.6 Å². The van der Waals surface area contributed by atoms with Crippen LogP contribution >= 0.6 is 0 Å². The maximum atomic E-state index is 13.5. The van der Waals surface area contributed by atoms with Crippen molar-refractivity contribution in [2.24, 2.45) is 0 Å². The lowest BCUT2D eigenvalue weighted by atomic mass is 10.1. The van der Waals surface area contributed by atoms with Crippen LogP contribution in [0.4, 0.5) is 14.6 Å². The molecule has 0 aliphatic carbocycles. The molecule has 0 spiro atoms. The molecule has 0 radical (unpaired) electrons. The van der Waals surface area contributed by atoms with E-state index in [2.05, 4.69) is 20.6 Å². The SMILES string of the molecule is O=C(NCc1cccnc1)c1ccc(-c2ccccc2)nc1NCCc1cc(F)cc(F)c1. The first-order chi connectivity index (χ1) is 16.1. The van der Waals surface area contributed by atoms with Gasteiger partial charge in [-0.1, -0.05) is 36.4 Å². The maximum absolute atomic E-state index is 13.5. The molecule has 0 bridgehead atoms. The van der Waals surface area contributed by atoms with Crippen LogP contribution in [0.2, 0.25) is 0 Å². The summed E-state index contributed by atoms with van der Waals surface area (Å²) in [6.07, 6.45) is 3.72. The fourth-order valence-corrected chi connectivity index (χ4v) is 3.41. The number of nitrogens with zero attached hydrogens (tertiary/aromatic N) is 2. The fourth-order valence-electron chi connectivity index (χ4n) is 3.41. The number of aromatic nitrogens is 2. The molecule has 0 aliphatic heterocycles. The van der Waals surface area contributed by atoms with Crippen molar-refractivity contribution >= 4 is 11.7 Å². The second-order valence-electron chi connectivity index (χ2n) is 7.46. The second-order valence-corrected chi connectivity index (χ2v) is 7.46. The third kappa shape index (κ3) is 5.98. The first-order valence-electron chi connectivity index (χ1n) is 10.5. The minimum absolute atomic E-state index is 0.287. The lowest BCUT2D eigenvalue weighted by Crippen LogP contribution is -2.24. The monoisotopic (exact) mass is 444 g/mol. The Bertz CT molecular complexity index is 1210. The first-order valence-corrected chi connectivity index (χ1v) is 10.5. The van der Waals surface area contributed by atoms with E-state index in [4.69, 9.17) is 0 Å². The summed E-state index contributed by atoms with van der Waals surface area (Å²) in [7, 11) is 0. The van der Waals surface area contributed by atoms with Crippen molar-refractivity contribution in [3.63, 3.8) is 0 Å². The number of hydrogen-bond donors (Lipinski definition) is 2. The predicted octanol–water partition coefficient (Wildman–Crippen LogP) is 5.01. The summed E-state index contributed by atoms with van der Waals surface area (Å²) >= 11 is 0. The Hall–Kier alpha value is -4.13. The molecule has 2 aromatic carbocycles. The van der Waals surface area contributed by atoms with E-state index in [0.29, 0.717) is 42.1 Å². The van der Waals surface area contributed by atoms with E-state index in [0.717, 1.165) is 17.2 Å². The molecular weight excluding hydrogens is 422 g/mol. The summed E-state index contributed by atoms with van der Waals surface area (Å²) in [4.78, 5) is 21.6. The molecule has 2 N–H and O–H groups in total. The second kappa shape index (κ2) is 10.5. The van der Waals surface area contributed by atoms with Crippen molar-refractivity contribution in [3.8, 4) is 11.3 Å². The number of carbonyl (C=O) groups excluding carboxylic acids is 1. The van der Waals surface area contributed by atoms with Gasteiger partial charge in [-0.3, -0.25) is 9.78 Å². The number of benzene rings is 2. The number of nitrogens with one attached hydrogen (secondary N) is 2. The lowest BCUT2D eigenvalue weighted by Gasteiger charge is -2.14. The van der Waals surface area contributed by atoms with Gasteiger partial charge in [0.1, 0.15) is 17.5 Å². The fraction of sp³-hybridized carbons (Fsp3) is 0.115. The molecule has 1 amide bonds. The molecule has 0 unspecified atom stereocenters. The van der Waals surface area contributed by atoms with Crippen LogP contribution in [0.3, 0.4) is 0 Å². The van der Waals surface area contributed by atoms with Gasteiger partial charge in [-0.25, -0.2) is 13.8 Å². The third-order valence-electron chi connectivity index (χ3n) is 5.01. The largest absolute Gasteiger partial charge is 0.369 e. The molecule has 33 heavy (non-hydrogen) atoms. The number of anilines is 1. The van der Waals surface area contributed by atoms with Crippen molar-refractivity contribution in [1.82, 2.24) is 15.3 Å². The zero-order chi connectivity index (χ0) is 23.0. The number of hydrogen-bond acceptors (Lipinski definition) is 4. The van der Waals surface area contributed by atoms with E-state index in [1.54, 1.807) is 30.6 Å². The third-order valence-corrected chi connectivity index (χ3v) is 5.01. The van der Waals surface area contributed by atoms with E-state index in [-0.39, 0.29) is 5.91 Å². The smallest absolute Gasteiger partial charge is 0.255 e. The van der Waals surface area contributed by atoms with E-state index in [9.17, 15) is 13.6 Å². The van der Waals surface area contributed by atoms with Crippen LogP contribution in [0.5, 0.6) is 0 Å². The van der Waals surface area contributed by atoms with Gasteiger partial charge < -0.3 is 10.6 Å². The Labute approximate surface area is 190 Å². The standard InChI is InChI=1S/C26H22F2N4O/c27-21-13-18(14-22(28)15-21)10-12-30-25-23(26(33)31-17-19-5-4-11-29-16-19)8-9-24(32-25)20-6-2-1-3-7-20/h1-9,11,13-16H,10,12,17H2,(H,30,32)(H,31,33). The van der Waals surface area contributed by atoms with E-state index < -0.39 is 11.6 Å². The van der Waals surface area contributed by atoms with Gasteiger partial charge in [0, 0.05) is 37.1 Å². The number of amides is 1. The minimum atomic E-state index is -0.621. The van der Waals surface area contributed by atoms with Gasteiger partial charge in [-0.2, -0.15) is 0 Å². The average molecular weight is 444 g/mol. The van der Waals surface area contributed by atoms with E-state index in [1.807, 2.05) is 36.4 Å². The lowest BCUT2D eigenvalue weighted by molar-refractivity contribution is 0.0951. The van der Waals surface area contributed by atoms with Crippen molar-refractivity contribution < 1.29 is 13.6 Å². The van der Waals surface area contributed by atoms with Crippen molar-refractivity contribution in [1.29, 1.82) is 0 Å². The topological polar surface area (TPSA) is 66.9 Å². The highest BCUT2D eigenvalue weighted by atomic mass is 19.1. The molecule has 0 atom stereocenters. The van der Waals surface area contributed by atoms with Gasteiger partial charge in [0.15, 0.2) is 0 Å². The van der Waals surface area contributed by atoms with Crippen LogP contribution < -0.4 is 10.6 Å². The molecule has 0 saturated heterocycles. The number of halogens is 2. The van der Waals surface area contributed by atoms with Crippen LogP contribution in [0.15, 0.2) is 85.2 Å². The van der Waals surface area contributed by atoms with Crippen LogP contribution in [0.25, 0.3) is 11.3 Å². The molecule has 0 saturated carbocycles. The summed E-state index contributed by atoms with van der Waals surface area (Å²) in [5, 5.41) is 6.04. The Morgan fingerprint density at radius 3 is 2.39 bits per heavy atom. The molecule has 4 aromatic rings. The van der Waals surface area contributed by atoms with Crippen LogP contribution in [0.1, 0.15) is 21.5 Å².